The van der Waals surface area contributed by atoms with Crippen molar-refractivity contribution in [2.45, 2.75) is 26.7 Å². The van der Waals surface area contributed by atoms with Crippen molar-refractivity contribution in [3.63, 3.8) is 0 Å². The highest BCUT2D eigenvalue weighted by Crippen LogP contribution is 1.93. The van der Waals surface area contributed by atoms with E-state index in [1.54, 1.807) is 0 Å². The zero-order valence-corrected chi connectivity index (χ0v) is 8.34. The molecule has 1 nitrogen and oxygen atoms in total. The molecule has 0 aliphatic carbocycles. The molecule has 62 valence electrons. The Hall–Kier alpha value is 0.390. The lowest BCUT2D eigenvalue weighted by atomic mass is 10.2. The van der Waals surface area contributed by atoms with Crippen LogP contribution in [-0.2, 0) is 0 Å². The van der Waals surface area contributed by atoms with Gasteiger partial charge in [0.1, 0.15) is 0 Å². The van der Waals surface area contributed by atoms with Gasteiger partial charge in [0.25, 0.3) is 0 Å². The molecule has 0 heterocycles. The van der Waals surface area contributed by atoms with E-state index in [0.717, 1.165) is 12.5 Å². The predicted octanol–water partition coefficient (Wildman–Crippen LogP) is 1.89. The Kier molecular flexibility index (Phi) is 7.79. The van der Waals surface area contributed by atoms with Gasteiger partial charge in [0.15, 0.2) is 0 Å². The summed E-state index contributed by atoms with van der Waals surface area (Å²) in [6.07, 6.45) is 3.88. The Morgan fingerprint density at radius 2 is 2.00 bits per heavy atom. The van der Waals surface area contributed by atoms with Crippen molar-refractivity contribution in [1.29, 1.82) is 0 Å². The van der Waals surface area contributed by atoms with Crippen molar-refractivity contribution in [2.24, 2.45) is 5.92 Å². The first-order chi connectivity index (χ1) is 4.77. The van der Waals surface area contributed by atoms with E-state index in [0.29, 0.717) is 0 Å². The summed E-state index contributed by atoms with van der Waals surface area (Å²) in [5.74, 6) is 0.788. The van der Waals surface area contributed by atoms with Crippen LogP contribution in [0.1, 0.15) is 26.7 Å². The van der Waals surface area contributed by atoms with Gasteiger partial charge in [-0.25, -0.2) is 0 Å². The van der Waals surface area contributed by atoms with Gasteiger partial charge in [-0.3, -0.25) is 0 Å². The molecule has 0 aromatic heterocycles. The molecule has 0 aromatic rings. The SMILES string of the molecule is CC(C)CNCCCCP. The van der Waals surface area contributed by atoms with E-state index >= 15 is 0 Å². The lowest BCUT2D eigenvalue weighted by molar-refractivity contribution is 0.541. The Bertz CT molecular complexity index is 64.3. The zero-order chi connectivity index (χ0) is 7.82. The van der Waals surface area contributed by atoms with E-state index in [9.17, 15) is 0 Å². The third kappa shape index (κ3) is 8.39. The van der Waals surface area contributed by atoms with Gasteiger partial charge < -0.3 is 5.32 Å². The van der Waals surface area contributed by atoms with Crippen molar-refractivity contribution >= 4 is 9.24 Å². The van der Waals surface area contributed by atoms with Crippen LogP contribution in [0.5, 0.6) is 0 Å². The molecule has 2 heteroatoms. The molecule has 1 atom stereocenters. The molecule has 0 aliphatic heterocycles. The van der Waals surface area contributed by atoms with Crippen LogP contribution in [-0.4, -0.2) is 19.3 Å². The lowest BCUT2D eigenvalue weighted by Crippen LogP contribution is -2.20. The molecule has 0 spiro atoms. The predicted molar refractivity (Wildman–Crippen MR) is 51.5 cm³/mol. The van der Waals surface area contributed by atoms with Crippen LogP contribution in [0.25, 0.3) is 0 Å². The molecule has 0 saturated carbocycles. The van der Waals surface area contributed by atoms with Gasteiger partial charge in [-0.15, -0.1) is 9.24 Å². The van der Waals surface area contributed by atoms with Crippen molar-refractivity contribution < 1.29 is 0 Å². The van der Waals surface area contributed by atoms with Gasteiger partial charge in [-0.05, 0) is 38.0 Å². The van der Waals surface area contributed by atoms with E-state index in [4.69, 9.17) is 0 Å². The van der Waals surface area contributed by atoms with Crippen LogP contribution >= 0.6 is 9.24 Å². The molecular weight excluding hydrogens is 141 g/mol. The maximum atomic E-state index is 3.41. The first-order valence-corrected chi connectivity index (χ1v) is 4.99. The molecule has 1 N–H and O–H groups in total. The summed E-state index contributed by atoms with van der Waals surface area (Å²) in [4.78, 5) is 0. The number of hydrogen-bond acceptors (Lipinski definition) is 1. The summed E-state index contributed by atoms with van der Waals surface area (Å²) < 4.78 is 0. The minimum atomic E-state index is 0.788. The fourth-order valence-electron chi connectivity index (χ4n) is 0.785. The molecule has 0 bridgehead atoms. The summed E-state index contributed by atoms with van der Waals surface area (Å²) in [6, 6.07) is 0. The van der Waals surface area contributed by atoms with Crippen LogP contribution in [0.4, 0.5) is 0 Å². The number of nitrogens with one attached hydrogen (secondary N) is 1. The molecule has 1 unspecified atom stereocenters. The number of rotatable bonds is 6. The van der Waals surface area contributed by atoms with E-state index in [-0.39, 0.29) is 0 Å². The molecule has 0 aromatic carbocycles. The largest absolute Gasteiger partial charge is 0.316 e. The third-order valence-electron chi connectivity index (χ3n) is 1.36. The van der Waals surface area contributed by atoms with Gasteiger partial charge in [0.05, 0.1) is 0 Å². The third-order valence-corrected chi connectivity index (χ3v) is 1.77. The monoisotopic (exact) mass is 161 g/mol. The maximum Gasteiger partial charge on any atom is -0.00258 e. The Morgan fingerprint density at radius 3 is 2.50 bits per heavy atom. The Labute approximate surface area is 67.2 Å². The minimum Gasteiger partial charge on any atom is -0.316 e. The molecule has 0 fully saturated rings. The first kappa shape index (κ1) is 10.4. The molecule has 0 saturated heterocycles. The highest BCUT2D eigenvalue weighted by molar-refractivity contribution is 7.16. The molecule has 0 rings (SSSR count). The van der Waals surface area contributed by atoms with E-state index in [1.807, 2.05) is 0 Å². The van der Waals surface area contributed by atoms with Crippen LogP contribution < -0.4 is 5.32 Å². The normalized spacial score (nSPS) is 10.8. The summed E-state index contributed by atoms with van der Waals surface area (Å²) in [6.45, 7) is 6.83. The smallest absolute Gasteiger partial charge is 0.00258 e. The summed E-state index contributed by atoms with van der Waals surface area (Å²) in [7, 11) is 2.76. The van der Waals surface area contributed by atoms with Crippen molar-refractivity contribution in [2.75, 3.05) is 19.3 Å². The molecular formula is C8H20NP. The average molecular weight is 161 g/mol. The number of unbranched alkanes of at least 4 members (excludes halogenated alkanes) is 1. The highest BCUT2D eigenvalue weighted by atomic mass is 31.0. The van der Waals surface area contributed by atoms with Gasteiger partial charge in [0.2, 0.25) is 0 Å². The van der Waals surface area contributed by atoms with Crippen molar-refractivity contribution in [1.82, 2.24) is 5.32 Å². The van der Waals surface area contributed by atoms with Crippen molar-refractivity contribution in [3.05, 3.63) is 0 Å². The summed E-state index contributed by atoms with van der Waals surface area (Å²) in [5.41, 5.74) is 0. The van der Waals surface area contributed by atoms with Crippen LogP contribution in [0.15, 0.2) is 0 Å². The quantitative estimate of drug-likeness (QED) is 0.463. The van der Waals surface area contributed by atoms with Crippen LogP contribution in [0.3, 0.4) is 0 Å². The molecule has 0 radical (unpaired) electrons. The second-order valence-corrected chi connectivity index (χ2v) is 3.67. The van der Waals surface area contributed by atoms with E-state index < -0.39 is 0 Å². The summed E-state index contributed by atoms with van der Waals surface area (Å²) in [5, 5.41) is 3.41. The fraction of sp³-hybridized carbons (Fsp3) is 1.00. The van der Waals surface area contributed by atoms with Gasteiger partial charge >= 0.3 is 0 Å². The van der Waals surface area contributed by atoms with E-state index in [1.165, 1.54) is 25.5 Å². The highest BCUT2D eigenvalue weighted by Gasteiger charge is 1.90. The first-order valence-electron chi connectivity index (χ1n) is 4.18. The lowest BCUT2D eigenvalue weighted by Gasteiger charge is -2.05. The topological polar surface area (TPSA) is 12.0 Å². The van der Waals surface area contributed by atoms with Crippen LogP contribution in [0.2, 0.25) is 0 Å². The summed E-state index contributed by atoms with van der Waals surface area (Å²) >= 11 is 0. The average Bonchev–Trinajstić information content (AvgIpc) is 1.87. The Morgan fingerprint density at radius 1 is 1.30 bits per heavy atom. The second kappa shape index (κ2) is 7.50. The van der Waals surface area contributed by atoms with Gasteiger partial charge in [-0.1, -0.05) is 13.8 Å². The van der Waals surface area contributed by atoms with E-state index in [2.05, 4.69) is 28.4 Å². The standard InChI is InChI=1S/C8H20NP/c1-8(2)7-9-5-3-4-6-10/h8-9H,3-7,10H2,1-2H3. The second-order valence-electron chi connectivity index (χ2n) is 3.09. The molecule has 0 aliphatic rings. The maximum absolute atomic E-state index is 3.41. The van der Waals surface area contributed by atoms with Crippen LogP contribution in [0, 0.1) is 5.92 Å². The van der Waals surface area contributed by atoms with Gasteiger partial charge in [-0.2, -0.15) is 0 Å². The molecule has 0 amide bonds. The fourth-order valence-corrected chi connectivity index (χ4v) is 1.07. The Balaban J connectivity index is 2.77. The number of hydrogen-bond donors (Lipinski definition) is 1. The van der Waals surface area contributed by atoms with Gasteiger partial charge in [0, 0.05) is 0 Å². The minimum absolute atomic E-state index is 0.788. The van der Waals surface area contributed by atoms with Crippen molar-refractivity contribution in [3.8, 4) is 0 Å². The molecule has 10 heavy (non-hydrogen) atoms. The zero-order valence-electron chi connectivity index (χ0n) is 7.19.